The van der Waals surface area contributed by atoms with Gasteiger partial charge in [-0.3, -0.25) is 9.59 Å². The highest BCUT2D eigenvalue weighted by molar-refractivity contribution is 6.30. The minimum absolute atomic E-state index is 0.0382. The van der Waals surface area contributed by atoms with E-state index in [0.717, 1.165) is 68.7 Å². The first-order valence-corrected chi connectivity index (χ1v) is 13.0. The standard InChI is InChI=1S/C28H36ClN3O3/c1-3-26(33)30-25(22-6-8-23(29)9-7-22)12-16-31-17-13-28(14-18-31)15-19-32(27(28)34)20-21-4-10-24(35-2)11-5-21/h4-11,25H,3,12-20H2,1-2H3,(H,30,33). The van der Waals surface area contributed by atoms with Crippen LogP contribution in [0.25, 0.3) is 0 Å². The molecule has 2 fully saturated rings. The topological polar surface area (TPSA) is 61.9 Å². The molecule has 1 unspecified atom stereocenters. The third-order valence-electron chi connectivity index (χ3n) is 7.61. The van der Waals surface area contributed by atoms with E-state index in [0.29, 0.717) is 23.9 Å². The molecule has 1 atom stereocenters. The van der Waals surface area contributed by atoms with Crippen LogP contribution in [-0.2, 0) is 16.1 Å². The Balaban J connectivity index is 1.30. The fourth-order valence-corrected chi connectivity index (χ4v) is 5.41. The van der Waals surface area contributed by atoms with E-state index in [1.807, 2.05) is 60.4 Å². The molecule has 7 heteroatoms. The highest BCUT2D eigenvalue weighted by Crippen LogP contribution is 2.42. The van der Waals surface area contributed by atoms with Gasteiger partial charge in [0, 0.05) is 31.1 Å². The fraction of sp³-hybridized carbons (Fsp3) is 0.500. The lowest BCUT2D eigenvalue weighted by molar-refractivity contribution is -0.139. The van der Waals surface area contributed by atoms with Gasteiger partial charge in [0.1, 0.15) is 5.75 Å². The number of carbonyl (C=O) groups is 2. The zero-order valence-corrected chi connectivity index (χ0v) is 21.5. The average Bonchev–Trinajstić information content (AvgIpc) is 3.18. The first-order chi connectivity index (χ1) is 16.9. The summed E-state index contributed by atoms with van der Waals surface area (Å²) < 4.78 is 5.24. The Bertz CT molecular complexity index is 1000. The van der Waals surface area contributed by atoms with Crippen LogP contribution in [0.1, 0.15) is 56.2 Å². The maximum atomic E-state index is 13.4. The van der Waals surface area contributed by atoms with Crippen LogP contribution in [0.15, 0.2) is 48.5 Å². The number of amides is 2. The van der Waals surface area contributed by atoms with Crippen molar-refractivity contribution in [1.29, 1.82) is 0 Å². The molecule has 0 radical (unpaired) electrons. The minimum Gasteiger partial charge on any atom is -0.497 e. The van der Waals surface area contributed by atoms with Crippen LogP contribution in [0.4, 0.5) is 0 Å². The number of ether oxygens (including phenoxy) is 1. The summed E-state index contributed by atoms with van der Waals surface area (Å²) in [7, 11) is 1.66. The average molecular weight is 498 g/mol. The van der Waals surface area contributed by atoms with E-state index >= 15 is 0 Å². The maximum absolute atomic E-state index is 13.4. The van der Waals surface area contributed by atoms with Gasteiger partial charge < -0.3 is 19.9 Å². The van der Waals surface area contributed by atoms with Crippen LogP contribution in [0, 0.1) is 5.41 Å². The van der Waals surface area contributed by atoms with Crippen LogP contribution in [0.3, 0.4) is 0 Å². The monoisotopic (exact) mass is 497 g/mol. The molecule has 0 bridgehead atoms. The Morgan fingerprint density at radius 3 is 2.34 bits per heavy atom. The molecule has 2 aromatic carbocycles. The number of rotatable bonds is 9. The van der Waals surface area contributed by atoms with E-state index in [1.165, 1.54) is 0 Å². The molecule has 35 heavy (non-hydrogen) atoms. The number of halogens is 1. The molecule has 2 amide bonds. The largest absolute Gasteiger partial charge is 0.497 e. The van der Waals surface area contributed by atoms with Crippen molar-refractivity contribution in [3.8, 4) is 5.75 Å². The van der Waals surface area contributed by atoms with Gasteiger partial charge in [0.2, 0.25) is 11.8 Å². The second-order valence-corrected chi connectivity index (χ2v) is 10.2. The van der Waals surface area contributed by atoms with Gasteiger partial charge in [0.15, 0.2) is 0 Å². The lowest BCUT2D eigenvalue weighted by Gasteiger charge is -2.38. The molecule has 188 valence electrons. The van der Waals surface area contributed by atoms with Gasteiger partial charge in [-0.2, -0.15) is 0 Å². The molecule has 2 aliphatic heterocycles. The molecule has 6 nitrogen and oxygen atoms in total. The van der Waals surface area contributed by atoms with Crippen molar-refractivity contribution >= 4 is 23.4 Å². The van der Waals surface area contributed by atoms with Gasteiger partial charge in [0.25, 0.3) is 0 Å². The van der Waals surface area contributed by atoms with Crippen molar-refractivity contribution in [2.24, 2.45) is 5.41 Å². The molecule has 2 saturated heterocycles. The number of methoxy groups -OCH3 is 1. The molecule has 4 rings (SSSR count). The second-order valence-electron chi connectivity index (χ2n) is 9.76. The SMILES string of the molecule is CCC(=O)NC(CCN1CCC2(CC1)CCN(Cc1ccc(OC)cc1)C2=O)c1ccc(Cl)cc1. The normalized spacial score (nSPS) is 18.6. The number of carbonyl (C=O) groups excluding carboxylic acids is 2. The van der Waals surface area contributed by atoms with Crippen LogP contribution < -0.4 is 10.1 Å². The quantitative estimate of drug-likeness (QED) is 0.539. The molecular formula is C28H36ClN3O3. The van der Waals surface area contributed by atoms with Crippen molar-refractivity contribution in [3.63, 3.8) is 0 Å². The van der Waals surface area contributed by atoms with E-state index in [9.17, 15) is 9.59 Å². The summed E-state index contributed by atoms with van der Waals surface area (Å²) in [6, 6.07) is 15.7. The zero-order chi connectivity index (χ0) is 24.8. The Morgan fingerprint density at radius 1 is 1.06 bits per heavy atom. The van der Waals surface area contributed by atoms with Gasteiger partial charge in [-0.05, 0) is 74.2 Å². The molecule has 1 N–H and O–H groups in total. The second kappa shape index (κ2) is 11.4. The maximum Gasteiger partial charge on any atom is 0.229 e. The first kappa shape index (κ1) is 25.5. The summed E-state index contributed by atoms with van der Waals surface area (Å²) in [5.74, 6) is 1.19. The molecular weight excluding hydrogens is 462 g/mol. The van der Waals surface area contributed by atoms with Crippen molar-refractivity contribution < 1.29 is 14.3 Å². The predicted molar refractivity (Wildman–Crippen MR) is 138 cm³/mol. The van der Waals surface area contributed by atoms with Gasteiger partial charge in [-0.1, -0.05) is 42.8 Å². The van der Waals surface area contributed by atoms with Crippen molar-refractivity contribution in [2.45, 2.75) is 51.6 Å². The zero-order valence-electron chi connectivity index (χ0n) is 20.8. The van der Waals surface area contributed by atoms with E-state index in [1.54, 1.807) is 7.11 Å². The number of nitrogens with one attached hydrogen (secondary N) is 1. The van der Waals surface area contributed by atoms with E-state index in [4.69, 9.17) is 16.3 Å². The van der Waals surface area contributed by atoms with E-state index in [2.05, 4.69) is 10.2 Å². The van der Waals surface area contributed by atoms with Crippen LogP contribution in [-0.4, -0.2) is 54.9 Å². The fourth-order valence-electron chi connectivity index (χ4n) is 5.29. The smallest absolute Gasteiger partial charge is 0.229 e. The molecule has 2 aliphatic rings. The molecule has 0 aliphatic carbocycles. The number of benzene rings is 2. The van der Waals surface area contributed by atoms with Crippen LogP contribution in [0.2, 0.25) is 5.02 Å². The Labute approximate surface area is 213 Å². The van der Waals surface area contributed by atoms with Gasteiger partial charge >= 0.3 is 0 Å². The third-order valence-corrected chi connectivity index (χ3v) is 7.86. The van der Waals surface area contributed by atoms with E-state index < -0.39 is 0 Å². The van der Waals surface area contributed by atoms with Gasteiger partial charge in [-0.15, -0.1) is 0 Å². The van der Waals surface area contributed by atoms with Crippen molar-refractivity contribution in [1.82, 2.24) is 15.1 Å². The summed E-state index contributed by atoms with van der Waals surface area (Å²) in [5, 5.41) is 3.85. The summed E-state index contributed by atoms with van der Waals surface area (Å²) >= 11 is 6.06. The minimum atomic E-state index is -0.213. The summed E-state index contributed by atoms with van der Waals surface area (Å²) in [5.41, 5.74) is 2.00. The number of piperidine rings is 1. The van der Waals surface area contributed by atoms with Crippen LogP contribution >= 0.6 is 11.6 Å². The van der Waals surface area contributed by atoms with Crippen molar-refractivity contribution in [3.05, 3.63) is 64.7 Å². The first-order valence-electron chi connectivity index (χ1n) is 12.6. The van der Waals surface area contributed by atoms with Gasteiger partial charge in [-0.25, -0.2) is 0 Å². The Morgan fingerprint density at radius 2 is 1.71 bits per heavy atom. The number of hydrogen-bond acceptors (Lipinski definition) is 4. The molecule has 2 aromatic rings. The molecule has 2 heterocycles. The van der Waals surface area contributed by atoms with Gasteiger partial charge in [0.05, 0.1) is 18.6 Å². The van der Waals surface area contributed by atoms with Crippen LogP contribution in [0.5, 0.6) is 5.75 Å². The summed E-state index contributed by atoms with van der Waals surface area (Å²) in [6.45, 7) is 6.07. The molecule has 0 aromatic heterocycles. The lowest BCUT2D eigenvalue weighted by Crippen LogP contribution is -2.45. The molecule has 0 saturated carbocycles. The molecule has 1 spiro atoms. The number of hydrogen-bond donors (Lipinski definition) is 1. The lowest BCUT2D eigenvalue weighted by atomic mass is 9.77. The van der Waals surface area contributed by atoms with E-state index in [-0.39, 0.29) is 17.4 Å². The predicted octanol–water partition coefficient (Wildman–Crippen LogP) is 4.82. The third kappa shape index (κ3) is 6.17. The summed E-state index contributed by atoms with van der Waals surface area (Å²) in [4.78, 5) is 29.9. The highest BCUT2D eigenvalue weighted by Gasteiger charge is 2.47. The van der Waals surface area contributed by atoms with Crippen molar-refractivity contribution in [2.75, 3.05) is 33.3 Å². The number of nitrogens with zero attached hydrogens (tertiary/aromatic N) is 2. The summed E-state index contributed by atoms with van der Waals surface area (Å²) in [6.07, 6.45) is 4.04. The Kier molecular flexibility index (Phi) is 8.34. The number of likely N-dealkylation sites (tertiary alicyclic amines) is 2. The Hall–Kier alpha value is -2.57. The highest BCUT2D eigenvalue weighted by atomic mass is 35.5.